The molecular weight excluding hydrogens is 216 g/mol. The molecule has 0 aliphatic rings. The molecule has 1 heterocycles. The minimum absolute atomic E-state index is 0.113. The Kier molecular flexibility index (Phi) is 4.75. The Morgan fingerprint density at radius 1 is 1.65 bits per heavy atom. The molecule has 0 radical (unpaired) electrons. The van der Waals surface area contributed by atoms with Crippen LogP contribution in [0.3, 0.4) is 0 Å². The van der Waals surface area contributed by atoms with E-state index in [1.807, 2.05) is 37.9 Å². The van der Waals surface area contributed by atoms with E-state index < -0.39 is 0 Å². The minimum atomic E-state index is 0.113. The fraction of sp³-hybridized carbons (Fsp3) is 0.500. The van der Waals surface area contributed by atoms with E-state index >= 15 is 0 Å². The Morgan fingerprint density at radius 3 is 2.94 bits per heavy atom. The zero-order chi connectivity index (χ0) is 12.8. The topological polar surface area (TPSA) is 75.2 Å². The number of hydrogen-bond donors (Lipinski definition) is 2. The fourth-order valence-corrected chi connectivity index (χ4v) is 1.58. The number of nitrogens with two attached hydrogens (primary N) is 1. The van der Waals surface area contributed by atoms with Crippen LogP contribution in [0.25, 0.3) is 0 Å². The first-order valence-electron chi connectivity index (χ1n) is 5.69. The molecule has 0 spiro atoms. The summed E-state index contributed by atoms with van der Waals surface area (Å²) < 4.78 is 5.52. The maximum atomic E-state index is 7.31. The van der Waals surface area contributed by atoms with Gasteiger partial charge in [0.1, 0.15) is 0 Å². The smallest absolute Gasteiger partial charge is 0.171 e. The second-order valence-electron chi connectivity index (χ2n) is 3.95. The van der Waals surface area contributed by atoms with Crippen LogP contribution in [-0.4, -0.2) is 30.5 Å². The predicted octanol–water partition coefficient (Wildman–Crippen LogP) is 1.63. The number of pyridine rings is 1. The van der Waals surface area contributed by atoms with Gasteiger partial charge < -0.3 is 15.4 Å². The van der Waals surface area contributed by atoms with Gasteiger partial charge in [-0.1, -0.05) is 0 Å². The van der Waals surface area contributed by atoms with E-state index in [2.05, 4.69) is 4.98 Å². The summed E-state index contributed by atoms with van der Waals surface area (Å²) in [5.74, 6) is 1.72. The van der Waals surface area contributed by atoms with Crippen molar-refractivity contribution < 1.29 is 4.74 Å². The van der Waals surface area contributed by atoms with Crippen molar-refractivity contribution in [2.24, 2.45) is 5.73 Å². The molecule has 0 bridgehead atoms. The molecule has 1 atom stereocenters. The second-order valence-corrected chi connectivity index (χ2v) is 3.95. The largest absolute Gasteiger partial charge is 0.490 e. The molecule has 17 heavy (non-hydrogen) atoms. The van der Waals surface area contributed by atoms with Gasteiger partial charge in [0, 0.05) is 25.7 Å². The summed E-state index contributed by atoms with van der Waals surface area (Å²) in [6, 6.07) is 3.85. The molecule has 0 aliphatic carbocycles. The lowest BCUT2D eigenvalue weighted by molar-refractivity contribution is 0.338. The summed E-state index contributed by atoms with van der Waals surface area (Å²) in [6.07, 6.45) is 2.24. The molecule has 0 fully saturated rings. The Bertz CT molecular complexity index is 381. The van der Waals surface area contributed by atoms with Gasteiger partial charge in [-0.2, -0.15) is 0 Å². The lowest BCUT2D eigenvalue weighted by atomic mass is 10.2. The second kappa shape index (κ2) is 6.08. The number of nitrogens with one attached hydrogen (secondary N) is 1. The Morgan fingerprint density at radius 2 is 2.35 bits per heavy atom. The molecule has 1 aromatic rings. The van der Waals surface area contributed by atoms with Crippen molar-refractivity contribution in [3.05, 3.63) is 18.3 Å². The van der Waals surface area contributed by atoms with Gasteiger partial charge in [0.2, 0.25) is 0 Å². The minimum Gasteiger partial charge on any atom is -0.490 e. The molecule has 1 unspecified atom stereocenters. The van der Waals surface area contributed by atoms with Crippen LogP contribution in [0.4, 0.5) is 5.82 Å². The first-order chi connectivity index (χ1) is 8.06. The normalized spacial score (nSPS) is 11.9. The molecule has 0 saturated heterocycles. The van der Waals surface area contributed by atoms with E-state index in [4.69, 9.17) is 15.9 Å². The van der Waals surface area contributed by atoms with Gasteiger partial charge >= 0.3 is 0 Å². The molecule has 5 nitrogen and oxygen atoms in total. The van der Waals surface area contributed by atoms with E-state index in [9.17, 15) is 0 Å². The molecule has 94 valence electrons. The third kappa shape index (κ3) is 3.62. The van der Waals surface area contributed by atoms with Crippen LogP contribution >= 0.6 is 0 Å². The van der Waals surface area contributed by atoms with Crippen molar-refractivity contribution in [2.45, 2.75) is 26.3 Å². The SMILES string of the molecule is CCOc1cccnc1N(C)C(C)CC(=N)N. The summed E-state index contributed by atoms with van der Waals surface area (Å²) in [5, 5.41) is 7.31. The molecule has 1 aromatic heterocycles. The first kappa shape index (κ1) is 13.3. The van der Waals surface area contributed by atoms with Gasteiger partial charge in [0.15, 0.2) is 11.6 Å². The number of aromatic nitrogens is 1. The molecule has 1 rings (SSSR count). The molecule has 0 saturated carbocycles. The summed E-state index contributed by atoms with van der Waals surface area (Å²) in [4.78, 5) is 6.29. The summed E-state index contributed by atoms with van der Waals surface area (Å²) in [6.45, 7) is 4.55. The molecule has 5 heteroatoms. The zero-order valence-electron chi connectivity index (χ0n) is 10.6. The number of ether oxygens (including phenoxy) is 1. The highest BCUT2D eigenvalue weighted by Gasteiger charge is 2.16. The number of hydrogen-bond acceptors (Lipinski definition) is 4. The van der Waals surface area contributed by atoms with Crippen LogP contribution in [0.15, 0.2) is 18.3 Å². The fourth-order valence-electron chi connectivity index (χ4n) is 1.58. The van der Waals surface area contributed by atoms with Crippen molar-refractivity contribution in [3.8, 4) is 5.75 Å². The van der Waals surface area contributed by atoms with Gasteiger partial charge in [0.05, 0.1) is 12.4 Å². The standard InChI is InChI=1S/C12H20N4O/c1-4-17-10-6-5-7-15-12(10)16(3)9(2)8-11(13)14/h5-7,9H,4,8H2,1-3H3,(H3,13,14). The Balaban J connectivity index is 2.86. The van der Waals surface area contributed by atoms with E-state index in [0.29, 0.717) is 13.0 Å². The van der Waals surface area contributed by atoms with Crippen LogP contribution in [-0.2, 0) is 0 Å². The van der Waals surface area contributed by atoms with Crippen LogP contribution in [0.1, 0.15) is 20.3 Å². The van der Waals surface area contributed by atoms with E-state index in [-0.39, 0.29) is 11.9 Å². The molecule has 0 amide bonds. The Hall–Kier alpha value is -1.78. The van der Waals surface area contributed by atoms with Gasteiger partial charge in [0.25, 0.3) is 0 Å². The van der Waals surface area contributed by atoms with Crippen LogP contribution in [0.2, 0.25) is 0 Å². The number of nitrogens with zero attached hydrogens (tertiary/aromatic N) is 2. The van der Waals surface area contributed by atoms with Crippen molar-refractivity contribution in [1.82, 2.24) is 4.98 Å². The maximum Gasteiger partial charge on any atom is 0.171 e. The van der Waals surface area contributed by atoms with Crippen LogP contribution in [0.5, 0.6) is 5.75 Å². The highest BCUT2D eigenvalue weighted by Crippen LogP contribution is 2.26. The Labute approximate surface area is 102 Å². The lowest BCUT2D eigenvalue weighted by Gasteiger charge is -2.27. The van der Waals surface area contributed by atoms with E-state index in [1.54, 1.807) is 6.20 Å². The van der Waals surface area contributed by atoms with Gasteiger partial charge in [-0.15, -0.1) is 0 Å². The average molecular weight is 236 g/mol. The molecule has 3 N–H and O–H groups in total. The van der Waals surface area contributed by atoms with Gasteiger partial charge in [-0.05, 0) is 26.0 Å². The summed E-state index contributed by atoms with van der Waals surface area (Å²) in [7, 11) is 1.93. The number of anilines is 1. The number of rotatable bonds is 6. The average Bonchev–Trinajstić information content (AvgIpc) is 2.28. The van der Waals surface area contributed by atoms with Gasteiger partial charge in [-0.25, -0.2) is 4.98 Å². The van der Waals surface area contributed by atoms with Crippen molar-refractivity contribution in [1.29, 1.82) is 5.41 Å². The molecule has 0 aliphatic heterocycles. The van der Waals surface area contributed by atoms with Crippen LogP contribution in [0, 0.1) is 5.41 Å². The highest BCUT2D eigenvalue weighted by molar-refractivity contribution is 5.78. The van der Waals surface area contributed by atoms with Crippen molar-refractivity contribution in [3.63, 3.8) is 0 Å². The van der Waals surface area contributed by atoms with Crippen molar-refractivity contribution >= 4 is 11.7 Å². The predicted molar refractivity (Wildman–Crippen MR) is 69.8 cm³/mol. The zero-order valence-corrected chi connectivity index (χ0v) is 10.6. The molecular formula is C12H20N4O. The highest BCUT2D eigenvalue weighted by atomic mass is 16.5. The lowest BCUT2D eigenvalue weighted by Crippen LogP contribution is -2.33. The third-order valence-electron chi connectivity index (χ3n) is 2.56. The monoisotopic (exact) mass is 236 g/mol. The molecule has 0 aromatic carbocycles. The van der Waals surface area contributed by atoms with Crippen LogP contribution < -0.4 is 15.4 Å². The van der Waals surface area contributed by atoms with Gasteiger partial charge in [-0.3, -0.25) is 5.41 Å². The maximum absolute atomic E-state index is 7.31. The quantitative estimate of drug-likeness (QED) is 0.581. The number of amidine groups is 1. The van der Waals surface area contributed by atoms with E-state index in [0.717, 1.165) is 11.6 Å². The van der Waals surface area contributed by atoms with Crippen molar-refractivity contribution in [2.75, 3.05) is 18.6 Å². The van der Waals surface area contributed by atoms with E-state index in [1.165, 1.54) is 0 Å². The first-order valence-corrected chi connectivity index (χ1v) is 5.69. The summed E-state index contributed by atoms with van der Waals surface area (Å²) in [5.41, 5.74) is 5.41. The summed E-state index contributed by atoms with van der Waals surface area (Å²) >= 11 is 0. The third-order valence-corrected chi connectivity index (χ3v) is 2.56.